The Balaban J connectivity index is 2.54. The van der Waals surface area contributed by atoms with E-state index in [1.54, 1.807) is 0 Å². The lowest BCUT2D eigenvalue weighted by Gasteiger charge is -2.25. The van der Waals surface area contributed by atoms with Gasteiger partial charge >= 0.3 is 5.97 Å². The highest BCUT2D eigenvalue weighted by Crippen LogP contribution is 2.26. The first kappa shape index (κ1) is 14.7. The molecule has 0 aromatic carbocycles. The van der Waals surface area contributed by atoms with Crippen molar-refractivity contribution in [3.05, 3.63) is 12.2 Å². The van der Waals surface area contributed by atoms with Crippen LogP contribution in [0.25, 0.3) is 0 Å². The van der Waals surface area contributed by atoms with E-state index in [-0.39, 0.29) is 5.91 Å². The molecule has 0 spiro atoms. The number of allylic oxidation sites excluding steroid dienone is 2. The summed E-state index contributed by atoms with van der Waals surface area (Å²) < 4.78 is 0. The molecule has 2 unspecified atom stereocenters. The molecule has 0 fully saturated rings. The lowest BCUT2D eigenvalue weighted by atomic mass is 9.82. The lowest BCUT2D eigenvalue weighted by molar-refractivity contribution is -0.147. The average Bonchev–Trinajstić information content (AvgIpc) is 2.39. The molecule has 0 saturated heterocycles. The zero-order valence-corrected chi connectivity index (χ0v) is 11.2. The van der Waals surface area contributed by atoms with Crippen molar-refractivity contribution in [3.8, 4) is 0 Å². The number of rotatable bonds is 6. The molecule has 0 aromatic rings. The van der Waals surface area contributed by atoms with Gasteiger partial charge in [-0.3, -0.25) is 9.59 Å². The highest BCUT2D eigenvalue weighted by molar-refractivity contribution is 5.85. The van der Waals surface area contributed by atoms with Gasteiger partial charge in [-0.25, -0.2) is 0 Å². The normalized spacial score (nSPS) is 23.1. The molecule has 4 heteroatoms. The molecule has 4 nitrogen and oxygen atoms in total. The Bertz CT molecular complexity index is 321. The molecule has 1 amide bonds. The highest BCUT2D eigenvalue weighted by atomic mass is 16.4. The number of carbonyl (C=O) groups is 2. The summed E-state index contributed by atoms with van der Waals surface area (Å²) in [6.45, 7) is 4.85. The van der Waals surface area contributed by atoms with Crippen molar-refractivity contribution in [2.75, 3.05) is 6.54 Å². The standard InChI is InChI=1S/C14H23NO3/c1-3-10(4-2)9-15-13(16)11-7-5-6-8-12(11)14(17)18/h5-6,10-12H,3-4,7-9H2,1-2H3,(H,15,16)(H,17,18). The predicted octanol–water partition coefficient (Wildman–Crippen LogP) is 2.21. The Morgan fingerprint density at radius 2 is 1.78 bits per heavy atom. The zero-order valence-electron chi connectivity index (χ0n) is 11.2. The number of nitrogens with one attached hydrogen (secondary N) is 1. The molecule has 102 valence electrons. The largest absolute Gasteiger partial charge is 0.481 e. The maximum absolute atomic E-state index is 12.0. The molecule has 2 atom stereocenters. The summed E-state index contributed by atoms with van der Waals surface area (Å²) in [6, 6.07) is 0. The summed E-state index contributed by atoms with van der Waals surface area (Å²) in [7, 11) is 0. The van der Waals surface area contributed by atoms with Crippen LogP contribution in [0.5, 0.6) is 0 Å². The molecule has 0 aliphatic heterocycles. The maximum Gasteiger partial charge on any atom is 0.307 e. The van der Waals surface area contributed by atoms with Gasteiger partial charge in [-0.2, -0.15) is 0 Å². The molecular formula is C14H23NO3. The van der Waals surface area contributed by atoms with Crippen LogP contribution < -0.4 is 5.32 Å². The van der Waals surface area contributed by atoms with Gasteiger partial charge in [0.15, 0.2) is 0 Å². The maximum atomic E-state index is 12.0. The van der Waals surface area contributed by atoms with Gasteiger partial charge in [-0.15, -0.1) is 0 Å². The fraction of sp³-hybridized carbons (Fsp3) is 0.714. The van der Waals surface area contributed by atoms with Gasteiger partial charge in [0.25, 0.3) is 0 Å². The molecule has 0 bridgehead atoms. The number of aliphatic carboxylic acids is 1. The quantitative estimate of drug-likeness (QED) is 0.713. The van der Waals surface area contributed by atoms with E-state index in [1.807, 2.05) is 12.2 Å². The molecule has 1 rings (SSSR count). The number of hydrogen-bond acceptors (Lipinski definition) is 2. The van der Waals surface area contributed by atoms with E-state index in [2.05, 4.69) is 19.2 Å². The highest BCUT2D eigenvalue weighted by Gasteiger charge is 2.33. The topological polar surface area (TPSA) is 66.4 Å². The minimum absolute atomic E-state index is 0.112. The molecule has 2 N–H and O–H groups in total. The van der Waals surface area contributed by atoms with Crippen molar-refractivity contribution in [3.63, 3.8) is 0 Å². The van der Waals surface area contributed by atoms with Crippen molar-refractivity contribution in [1.29, 1.82) is 0 Å². The third-order valence-electron chi connectivity index (χ3n) is 3.81. The average molecular weight is 253 g/mol. The second-order valence-electron chi connectivity index (χ2n) is 4.92. The van der Waals surface area contributed by atoms with Crippen molar-refractivity contribution in [2.24, 2.45) is 17.8 Å². The number of hydrogen-bond donors (Lipinski definition) is 2. The van der Waals surface area contributed by atoms with Gasteiger partial charge in [-0.1, -0.05) is 38.8 Å². The van der Waals surface area contributed by atoms with Crippen LogP contribution in [-0.2, 0) is 9.59 Å². The molecule has 0 saturated carbocycles. The summed E-state index contributed by atoms with van der Waals surface area (Å²) >= 11 is 0. The zero-order chi connectivity index (χ0) is 13.5. The molecule has 1 aliphatic rings. The van der Waals surface area contributed by atoms with Crippen LogP contribution in [-0.4, -0.2) is 23.5 Å². The lowest BCUT2D eigenvalue weighted by Crippen LogP contribution is -2.40. The van der Waals surface area contributed by atoms with Crippen LogP contribution in [0, 0.1) is 17.8 Å². The first-order valence-electron chi connectivity index (χ1n) is 6.75. The Morgan fingerprint density at radius 1 is 1.22 bits per heavy atom. The molecule has 0 heterocycles. The first-order chi connectivity index (χ1) is 8.60. The molecular weight excluding hydrogens is 230 g/mol. The van der Waals surface area contributed by atoms with E-state index < -0.39 is 17.8 Å². The summed E-state index contributed by atoms with van der Waals surface area (Å²) in [5.41, 5.74) is 0. The van der Waals surface area contributed by atoms with E-state index in [0.29, 0.717) is 25.3 Å². The van der Waals surface area contributed by atoms with Crippen molar-refractivity contribution in [2.45, 2.75) is 39.5 Å². The van der Waals surface area contributed by atoms with Crippen molar-refractivity contribution >= 4 is 11.9 Å². The number of carbonyl (C=O) groups excluding carboxylic acids is 1. The van der Waals surface area contributed by atoms with E-state index in [1.165, 1.54) is 0 Å². The van der Waals surface area contributed by atoms with Gasteiger partial charge in [0.1, 0.15) is 0 Å². The SMILES string of the molecule is CCC(CC)CNC(=O)C1CC=CCC1C(=O)O. The van der Waals surface area contributed by atoms with Gasteiger partial charge in [-0.05, 0) is 18.8 Å². The van der Waals surface area contributed by atoms with Crippen molar-refractivity contribution < 1.29 is 14.7 Å². The molecule has 1 aliphatic carbocycles. The minimum Gasteiger partial charge on any atom is -0.481 e. The van der Waals surface area contributed by atoms with Crippen LogP contribution in [0.2, 0.25) is 0 Å². The van der Waals surface area contributed by atoms with Crippen molar-refractivity contribution in [1.82, 2.24) is 5.32 Å². The van der Waals surface area contributed by atoms with Gasteiger partial charge in [0.2, 0.25) is 5.91 Å². The molecule has 0 radical (unpaired) electrons. The van der Waals surface area contributed by atoms with E-state index in [0.717, 1.165) is 12.8 Å². The van der Waals surface area contributed by atoms with Crippen LogP contribution >= 0.6 is 0 Å². The fourth-order valence-corrected chi connectivity index (χ4v) is 2.33. The van der Waals surface area contributed by atoms with Gasteiger partial charge in [0, 0.05) is 6.54 Å². The fourth-order valence-electron chi connectivity index (χ4n) is 2.33. The van der Waals surface area contributed by atoms with Crippen LogP contribution in [0.3, 0.4) is 0 Å². The summed E-state index contributed by atoms with van der Waals surface area (Å²) in [5.74, 6) is -1.49. The second kappa shape index (κ2) is 7.19. The summed E-state index contributed by atoms with van der Waals surface area (Å²) in [4.78, 5) is 23.1. The smallest absolute Gasteiger partial charge is 0.307 e. The van der Waals surface area contributed by atoms with Gasteiger partial charge in [0.05, 0.1) is 11.8 Å². The van der Waals surface area contributed by atoms with E-state index in [9.17, 15) is 9.59 Å². The Morgan fingerprint density at radius 3 is 2.28 bits per heavy atom. The summed E-state index contributed by atoms with van der Waals surface area (Å²) in [5, 5.41) is 12.0. The second-order valence-corrected chi connectivity index (χ2v) is 4.92. The van der Waals surface area contributed by atoms with E-state index >= 15 is 0 Å². The monoisotopic (exact) mass is 253 g/mol. The first-order valence-corrected chi connectivity index (χ1v) is 6.75. The Kier molecular flexibility index (Phi) is 5.89. The number of carboxylic acids is 1. The van der Waals surface area contributed by atoms with Crippen LogP contribution in [0.1, 0.15) is 39.5 Å². The predicted molar refractivity (Wildman–Crippen MR) is 70.1 cm³/mol. The summed E-state index contributed by atoms with van der Waals surface area (Å²) in [6.07, 6.45) is 6.81. The third kappa shape index (κ3) is 3.86. The van der Waals surface area contributed by atoms with Gasteiger partial charge < -0.3 is 10.4 Å². The molecule has 18 heavy (non-hydrogen) atoms. The van der Waals surface area contributed by atoms with Crippen LogP contribution in [0.4, 0.5) is 0 Å². The van der Waals surface area contributed by atoms with E-state index in [4.69, 9.17) is 5.11 Å². The Hall–Kier alpha value is -1.32. The number of amides is 1. The van der Waals surface area contributed by atoms with Crippen LogP contribution in [0.15, 0.2) is 12.2 Å². The third-order valence-corrected chi connectivity index (χ3v) is 3.81. The number of carboxylic acid groups (broad SMARTS) is 1. The minimum atomic E-state index is -0.873. The Labute approximate surface area is 108 Å². The molecule has 0 aromatic heterocycles.